The summed E-state index contributed by atoms with van der Waals surface area (Å²) in [5.41, 5.74) is 2.78. The lowest BCUT2D eigenvalue weighted by atomic mass is 10.1. The average molecular weight is 266 g/mol. The molecule has 96 valence electrons. The maximum absolute atomic E-state index is 13.0. The second-order valence-corrected chi connectivity index (χ2v) is 4.60. The number of aromatic nitrogens is 2. The Morgan fingerprint density at radius 1 is 1.44 bits per heavy atom. The molecular formula is C13H15FN2OS. The number of halogens is 1. The third-order valence-corrected chi connectivity index (χ3v) is 3.36. The van der Waals surface area contributed by atoms with Gasteiger partial charge in [-0.05, 0) is 48.8 Å². The summed E-state index contributed by atoms with van der Waals surface area (Å²) < 4.78 is 15.4. The summed E-state index contributed by atoms with van der Waals surface area (Å²) >= 11 is 5.14. The van der Waals surface area contributed by atoms with Gasteiger partial charge in [-0.3, -0.25) is 0 Å². The van der Waals surface area contributed by atoms with E-state index in [2.05, 4.69) is 4.98 Å². The summed E-state index contributed by atoms with van der Waals surface area (Å²) in [6, 6.07) is 4.78. The van der Waals surface area contributed by atoms with Crippen molar-refractivity contribution in [3.8, 4) is 0 Å². The van der Waals surface area contributed by atoms with Crippen LogP contribution >= 0.6 is 12.2 Å². The van der Waals surface area contributed by atoms with E-state index < -0.39 is 0 Å². The maximum atomic E-state index is 13.0. The molecule has 0 bridgehead atoms. The van der Waals surface area contributed by atoms with E-state index in [0.29, 0.717) is 11.3 Å². The van der Waals surface area contributed by atoms with E-state index in [1.807, 2.05) is 11.5 Å². The molecule has 2 rings (SSSR count). The minimum absolute atomic E-state index is 0.0461. The number of imidazole rings is 1. The Bertz CT molecular complexity index is 603. The Morgan fingerprint density at radius 3 is 2.89 bits per heavy atom. The number of nitrogens with zero attached hydrogens (tertiary/aromatic N) is 1. The Morgan fingerprint density at radius 2 is 2.22 bits per heavy atom. The summed E-state index contributed by atoms with van der Waals surface area (Å²) in [5.74, 6) is -0.217. The van der Waals surface area contributed by atoms with Gasteiger partial charge in [0, 0.05) is 12.7 Å². The largest absolute Gasteiger partial charge is 0.390 e. The zero-order chi connectivity index (χ0) is 13.1. The van der Waals surface area contributed by atoms with Gasteiger partial charge in [-0.1, -0.05) is 6.07 Å². The highest BCUT2D eigenvalue weighted by atomic mass is 32.1. The molecule has 0 fully saturated rings. The van der Waals surface area contributed by atoms with Crippen LogP contribution in [0.2, 0.25) is 0 Å². The third kappa shape index (κ3) is 2.68. The molecule has 0 atom stereocenters. The molecule has 5 heteroatoms. The Kier molecular flexibility index (Phi) is 3.93. The molecule has 0 aliphatic heterocycles. The lowest BCUT2D eigenvalue weighted by Gasteiger charge is -2.09. The molecule has 0 saturated heterocycles. The van der Waals surface area contributed by atoms with E-state index in [4.69, 9.17) is 12.2 Å². The minimum atomic E-state index is -0.217. The minimum Gasteiger partial charge on any atom is -0.390 e. The molecule has 18 heavy (non-hydrogen) atoms. The van der Waals surface area contributed by atoms with Crippen LogP contribution in [-0.2, 0) is 19.6 Å². The van der Waals surface area contributed by atoms with Gasteiger partial charge < -0.3 is 14.7 Å². The molecule has 0 amide bonds. The molecular weight excluding hydrogens is 251 g/mol. The predicted molar refractivity (Wildman–Crippen MR) is 70.4 cm³/mol. The van der Waals surface area contributed by atoms with Crippen molar-refractivity contribution < 1.29 is 9.50 Å². The molecule has 1 aromatic carbocycles. The molecule has 2 aromatic rings. The number of aromatic amines is 1. The standard InChI is InChI=1S/C13H15FN2OS/c1-9-6-11(14)3-2-10(9)4-5-16-12(8-17)7-15-13(16)18/h2-3,6-7,17H,4-5,8H2,1H3,(H,15,18). The second kappa shape index (κ2) is 5.46. The summed E-state index contributed by atoms with van der Waals surface area (Å²) in [6.07, 6.45) is 2.46. The first kappa shape index (κ1) is 13.0. The van der Waals surface area contributed by atoms with Gasteiger partial charge in [0.1, 0.15) is 5.82 Å². The topological polar surface area (TPSA) is 41.0 Å². The Hall–Kier alpha value is -1.46. The van der Waals surface area contributed by atoms with Gasteiger partial charge in [0.25, 0.3) is 0 Å². The number of aliphatic hydroxyl groups is 1. The van der Waals surface area contributed by atoms with Crippen LogP contribution in [-0.4, -0.2) is 14.7 Å². The van der Waals surface area contributed by atoms with Crippen LogP contribution in [0.1, 0.15) is 16.8 Å². The Balaban J connectivity index is 2.16. The number of aliphatic hydroxyl groups excluding tert-OH is 1. The lowest BCUT2D eigenvalue weighted by molar-refractivity contribution is 0.270. The van der Waals surface area contributed by atoms with Crippen molar-refractivity contribution in [2.24, 2.45) is 0 Å². The number of H-pyrrole nitrogens is 1. The van der Waals surface area contributed by atoms with Crippen molar-refractivity contribution in [3.63, 3.8) is 0 Å². The van der Waals surface area contributed by atoms with Gasteiger partial charge in [0.15, 0.2) is 4.77 Å². The van der Waals surface area contributed by atoms with E-state index >= 15 is 0 Å². The predicted octanol–water partition coefficient (Wildman–Crippen LogP) is 2.73. The SMILES string of the molecule is Cc1cc(F)ccc1CCn1c(CO)c[nH]c1=S. The number of nitrogens with one attached hydrogen (secondary N) is 1. The number of hydrogen-bond donors (Lipinski definition) is 2. The molecule has 1 aromatic heterocycles. The van der Waals surface area contributed by atoms with Gasteiger partial charge in [-0.15, -0.1) is 0 Å². The molecule has 0 aliphatic carbocycles. The summed E-state index contributed by atoms with van der Waals surface area (Å²) in [5, 5.41) is 9.18. The first-order chi connectivity index (χ1) is 8.61. The third-order valence-electron chi connectivity index (χ3n) is 3.03. The smallest absolute Gasteiger partial charge is 0.177 e. The molecule has 0 unspecified atom stereocenters. The zero-order valence-corrected chi connectivity index (χ0v) is 10.9. The molecule has 0 spiro atoms. The van der Waals surface area contributed by atoms with Crippen molar-refractivity contribution in [1.29, 1.82) is 0 Å². The lowest BCUT2D eigenvalue weighted by Crippen LogP contribution is -2.06. The highest BCUT2D eigenvalue weighted by Crippen LogP contribution is 2.12. The number of benzene rings is 1. The van der Waals surface area contributed by atoms with Crippen molar-refractivity contribution in [2.75, 3.05) is 0 Å². The van der Waals surface area contributed by atoms with Crippen molar-refractivity contribution >= 4 is 12.2 Å². The van der Waals surface area contributed by atoms with E-state index in [1.54, 1.807) is 12.3 Å². The van der Waals surface area contributed by atoms with Gasteiger partial charge in [0.05, 0.1) is 12.3 Å². The number of hydrogen-bond acceptors (Lipinski definition) is 2. The highest BCUT2D eigenvalue weighted by Gasteiger charge is 2.05. The summed E-state index contributed by atoms with van der Waals surface area (Å²) in [7, 11) is 0. The fourth-order valence-electron chi connectivity index (χ4n) is 1.98. The van der Waals surface area contributed by atoms with Gasteiger partial charge in [-0.2, -0.15) is 0 Å². The normalized spacial score (nSPS) is 10.8. The molecule has 1 heterocycles. The number of rotatable bonds is 4. The van der Waals surface area contributed by atoms with Gasteiger partial charge in [0.2, 0.25) is 0 Å². The summed E-state index contributed by atoms with van der Waals surface area (Å²) in [4.78, 5) is 2.91. The van der Waals surface area contributed by atoms with Crippen LogP contribution in [0.4, 0.5) is 4.39 Å². The molecule has 2 N–H and O–H groups in total. The fourth-order valence-corrected chi connectivity index (χ4v) is 2.25. The second-order valence-electron chi connectivity index (χ2n) is 4.22. The van der Waals surface area contributed by atoms with E-state index in [0.717, 1.165) is 23.2 Å². The maximum Gasteiger partial charge on any atom is 0.177 e. The van der Waals surface area contributed by atoms with E-state index in [-0.39, 0.29) is 12.4 Å². The molecule has 0 radical (unpaired) electrons. The van der Waals surface area contributed by atoms with Crippen molar-refractivity contribution in [2.45, 2.75) is 26.5 Å². The van der Waals surface area contributed by atoms with Crippen LogP contribution in [0.5, 0.6) is 0 Å². The van der Waals surface area contributed by atoms with E-state index in [1.165, 1.54) is 12.1 Å². The molecule has 0 aliphatic rings. The fraction of sp³-hybridized carbons (Fsp3) is 0.308. The monoisotopic (exact) mass is 266 g/mol. The first-order valence-electron chi connectivity index (χ1n) is 5.75. The summed E-state index contributed by atoms with van der Waals surface area (Å²) in [6.45, 7) is 2.52. The quantitative estimate of drug-likeness (QED) is 0.835. The average Bonchev–Trinajstić information content (AvgIpc) is 2.69. The number of aryl methyl sites for hydroxylation is 2. The van der Waals surface area contributed by atoms with Crippen LogP contribution in [0.15, 0.2) is 24.4 Å². The zero-order valence-electron chi connectivity index (χ0n) is 10.1. The van der Waals surface area contributed by atoms with Crippen molar-refractivity contribution in [3.05, 3.63) is 51.8 Å². The van der Waals surface area contributed by atoms with Crippen molar-refractivity contribution in [1.82, 2.24) is 9.55 Å². The van der Waals surface area contributed by atoms with Gasteiger partial charge >= 0.3 is 0 Å². The van der Waals surface area contributed by atoms with Gasteiger partial charge in [-0.25, -0.2) is 4.39 Å². The highest BCUT2D eigenvalue weighted by molar-refractivity contribution is 7.71. The van der Waals surface area contributed by atoms with Crippen LogP contribution in [0, 0.1) is 17.5 Å². The van der Waals surface area contributed by atoms with Crippen LogP contribution in [0.3, 0.4) is 0 Å². The Labute approximate surface area is 110 Å². The van der Waals surface area contributed by atoms with Crippen LogP contribution in [0.25, 0.3) is 0 Å². The first-order valence-corrected chi connectivity index (χ1v) is 6.15. The van der Waals surface area contributed by atoms with Crippen LogP contribution < -0.4 is 0 Å². The van der Waals surface area contributed by atoms with E-state index in [9.17, 15) is 9.50 Å². The molecule has 3 nitrogen and oxygen atoms in total. The molecule has 0 saturated carbocycles.